The second-order valence-electron chi connectivity index (χ2n) is 8.23. The first kappa shape index (κ1) is 34.4. The third-order valence-electron chi connectivity index (χ3n) is 6.38. The van der Waals surface area contributed by atoms with Crippen molar-refractivity contribution < 1.29 is 114 Å². The lowest BCUT2D eigenvalue weighted by atomic mass is 9.44. The summed E-state index contributed by atoms with van der Waals surface area (Å²) in [6.45, 7) is 0. The molecule has 2 fully saturated rings. The highest BCUT2D eigenvalue weighted by Gasteiger charge is 3.19. The van der Waals surface area contributed by atoms with Gasteiger partial charge in [-0.1, -0.05) is 0 Å². The molecule has 0 radical (unpaired) electrons. The minimum absolute atomic E-state index is 9.03. The van der Waals surface area contributed by atoms with Crippen LogP contribution in [0.1, 0.15) is 0 Å². The van der Waals surface area contributed by atoms with Crippen molar-refractivity contribution >= 4 is 0 Å². The molecule has 0 nitrogen and oxygen atoms in total. The predicted molar refractivity (Wildman–Crippen MR) is 67.0 cm³/mol. The first-order valence-corrected chi connectivity index (χ1v) is 8.66. The van der Waals surface area contributed by atoms with Gasteiger partial charge in [-0.05, 0) is 0 Å². The van der Waals surface area contributed by atoms with E-state index in [0.717, 1.165) is 0 Å². The van der Waals surface area contributed by atoms with Gasteiger partial charge in [0.25, 0.3) is 22.7 Å². The van der Waals surface area contributed by atoms with Crippen molar-refractivity contribution in [3.63, 3.8) is 0 Å². The van der Waals surface area contributed by atoms with Crippen molar-refractivity contribution in [3.8, 4) is 0 Å². The molecule has 0 amide bonds. The monoisotopic (exact) mass is 662 g/mol. The third-order valence-corrected chi connectivity index (χ3v) is 6.38. The zero-order valence-corrected chi connectivity index (χ0v) is 16.8. The number of alkyl halides is 26. The van der Waals surface area contributed by atoms with E-state index in [-0.39, 0.29) is 0 Å². The molecule has 0 aliphatic heterocycles. The van der Waals surface area contributed by atoms with E-state index in [1.165, 1.54) is 0 Å². The first-order valence-electron chi connectivity index (χ1n) is 8.66. The Morgan fingerprint density at radius 1 is 0.275 bits per heavy atom. The smallest absolute Gasteiger partial charge is 0.229 e. The maximum atomic E-state index is 15.3. The maximum absolute atomic E-state index is 15.3. The molecule has 2 saturated carbocycles. The summed E-state index contributed by atoms with van der Waals surface area (Å²) >= 11 is 0. The molecule has 0 aromatic rings. The molecule has 5 atom stereocenters. The van der Waals surface area contributed by atoms with Crippen molar-refractivity contribution in [2.75, 3.05) is 0 Å². The predicted octanol–water partition coefficient (Wildman–Crippen LogP) is 8.05. The summed E-state index contributed by atoms with van der Waals surface area (Å²) in [5, 5.41) is 0. The van der Waals surface area contributed by atoms with Crippen LogP contribution in [0.5, 0.6) is 0 Å². The van der Waals surface area contributed by atoms with E-state index in [0.29, 0.717) is 0 Å². The average molecular weight is 662 g/mol. The van der Waals surface area contributed by atoms with Crippen LogP contribution in [0.25, 0.3) is 0 Å². The lowest BCUT2D eigenvalue weighted by molar-refractivity contribution is -0.573. The van der Waals surface area contributed by atoms with Gasteiger partial charge in [0.05, 0.1) is 0 Å². The Morgan fingerprint density at radius 2 is 0.550 bits per heavy atom. The summed E-state index contributed by atoms with van der Waals surface area (Å²) in [4.78, 5) is 0. The Morgan fingerprint density at radius 3 is 0.800 bits per heavy atom. The summed E-state index contributed by atoms with van der Waals surface area (Å²) < 4.78 is 361. The van der Waals surface area contributed by atoms with Crippen molar-refractivity contribution in [2.24, 2.45) is 0 Å². The van der Waals surface area contributed by atoms with Crippen LogP contribution in [0.2, 0.25) is 0 Å². The summed E-state index contributed by atoms with van der Waals surface area (Å²) in [5.74, 6) is -57.1. The molecule has 238 valence electrons. The van der Waals surface area contributed by atoms with Crippen LogP contribution in [-0.4, -0.2) is 82.4 Å². The lowest BCUT2D eigenvalue weighted by Gasteiger charge is -2.68. The van der Waals surface area contributed by atoms with Crippen molar-refractivity contribution in [2.45, 2.75) is 82.4 Å². The Kier molecular flexibility index (Phi) is 6.19. The van der Waals surface area contributed by atoms with Crippen LogP contribution in [0.4, 0.5) is 114 Å². The third kappa shape index (κ3) is 2.52. The Hall–Kier alpha value is -1.82. The quantitative estimate of drug-likeness (QED) is 0.250. The highest BCUT2D eigenvalue weighted by molar-refractivity contribution is 5.50. The molecule has 2 rings (SSSR count). The van der Waals surface area contributed by atoms with Crippen molar-refractivity contribution in [1.82, 2.24) is 0 Å². The van der Waals surface area contributed by atoms with Crippen molar-refractivity contribution in [3.05, 3.63) is 0 Å². The van der Waals surface area contributed by atoms with Gasteiger partial charge in [-0.25, -0.2) is 22.0 Å². The van der Waals surface area contributed by atoms with E-state index in [1.807, 2.05) is 0 Å². The fourth-order valence-electron chi connectivity index (χ4n) is 4.45. The van der Waals surface area contributed by atoms with Crippen LogP contribution in [0.15, 0.2) is 0 Å². The highest BCUT2D eigenvalue weighted by Crippen LogP contribution is 2.85. The van der Waals surface area contributed by atoms with E-state index < -0.39 is 82.4 Å². The number of fused-ring (bicyclic) bond motifs is 1. The average Bonchev–Trinajstić information content (AvgIpc) is 2.70. The Balaban J connectivity index is 3.71. The largest absolute Gasteiger partial charge is 0.457 e. The zero-order chi connectivity index (χ0) is 33.0. The number of hydrogen-bond acceptors (Lipinski definition) is 0. The molecular weight excluding hydrogens is 662 g/mol. The second-order valence-corrected chi connectivity index (χ2v) is 8.23. The molecule has 0 bridgehead atoms. The van der Waals surface area contributed by atoms with Crippen LogP contribution >= 0.6 is 0 Å². The summed E-state index contributed by atoms with van der Waals surface area (Å²) in [5.41, 5.74) is -50.9. The van der Waals surface area contributed by atoms with Gasteiger partial charge >= 0.3 is 59.7 Å². The molecule has 40 heavy (non-hydrogen) atoms. The standard InChI is InChI=1S/C14F26/c15-1(9(26,27)14(38,39)40)2(16)4(18,8(24,25)11(30,31)10(28,29)7(2,22)23)6(20,21)5(19,13(35,36)37)3(1,17)12(32,33)34/t1-,2+,3-,4+,5-/m0/s1. The van der Waals surface area contributed by atoms with Gasteiger partial charge in [-0.2, -0.15) is 92.2 Å². The maximum Gasteiger partial charge on any atom is 0.457 e. The van der Waals surface area contributed by atoms with Gasteiger partial charge in [0.15, 0.2) is 0 Å². The van der Waals surface area contributed by atoms with Gasteiger partial charge in [0.2, 0.25) is 0 Å². The minimum Gasteiger partial charge on any atom is -0.229 e. The lowest BCUT2D eigenvalue weighted by Crippen LogP contribution is -3.04. The summed E-state index contributed by atoms with van der Waals surface area (Å²) in [6.07, 6.45) is -27.8. The molecular formula is C14F26. The first-order chi connectivity index (χ1) is 16.8. The second kappa shape index (κ2) is 7.21. The van der Waals surface area contributed by atoms with Gasteiger partial charge in [0.1, 0.15) is 0 Å². The molecule has 0 N–H and O–H groups in total. The zero-order valence-electron chi connectivity index (χ0n) is 16.8. The van der Waals surface area contributed by atoms with E-state index >= 15 is 13.2 Å². The summed E-state index contributed by atoms with van der Waals surface area (Å²) in [6, 6.07) is 0. The summed E-state index contributed by atoms with van der Waals surface area (Å²) in [7, 11) is 0. The van der Waals surface area contributed by atoms with Gasteiger partial charge in [-0.15, -0.1) is 0 Å². The SMILES string of the molecule is FC(F)(F)C(F)(F)[C@@]1(F)[C@@](F)(C(F)(F)F)[C@@](F)(C(F)(F)F)C(F)(F)[C@@]2(F)C(F)(F)C(F)(F)C(F)(F)C(F)(F)[C@]21F. The van der Waals surface area contributed by atoms with E-state index in [2.05, 4.69) is 0 Å². The van der Waals surface area contributed by atoms with Gasteiger partial charge in [0, 0.05) is 0 Å². The molecule has 0 heterocycles. The molecule has 0 aromatic carbocycles. The molecule has 0 aromatic heterocycles. The van der Waals surface area contributed by atoms with Gasteiger partial charge < -0.3 is 0 Å². The van der Waals surface area contributed by atoms with E-state index in [9.17, 15) is 101 Å². The normalized spacial score (nSPS) is 42.8. The number of rotatable bonds is 1. The molecule has 0 saturated heterocycles. The fourth-order valence-corrected chi connectivity index (χ4v) is 4.45. The number of hydrogen-bond donors (Lipinski definition) is 0. The minimum atomic E-state index is -10.5. The van der Waals surface area contributed by atoms with Crippen LogP contribution in [0, 0.1) is 0 Å². The molecule has 2 aliphatic rings. The Bertz CT molecular complexity index is 1060. The highest BCUT2D eigenvalue weighted by atomic mass is 19.4. The Labute approximate surface area is 198 Å². The van der Waals surface area contributed by atoms with Crippen LogP contribution in [-0.2, 0) is 0 Å². The van der Waals surface area contributed by atoms with E-state index in [1.54, 1.807) is 0 Å². The molecule has 2 aliphatic carbocycles. The van der Waals surface area contributed by atoms with Crippen molar-refractivity contribution in [1.29, 1.82) is 0 Å². The van der Waals surface area contributed by atoms with Crippen LogP contribution in [0.3, 0.4) is 0 Å². The number of halogens is 26. The molecule has 26 heteroatoms. The molecule has 0 unspecified atom stereocenters. The molecule has 0 spiro atoms. The fraction of sp³-hybridized carbons (Fsp3) is 1.00. The topological polar surface area (TPSA) is 0 Å². The van der Waals surface area contributed by atoms with Gasteiger partial charge in [-0.3, -0.25) is 0 Å². The van der Waals surface area contributed by atoms with E-state index in [4.69, 9.17) is 0 Å². The van der Waals surface area contributed by atoms with Crippen LogP contribution < -0.4 is 0 Å².